The summed E-state index contributed by atoms with van der Waals surface area (Å²) in [6.45, 7) is 0. The van der Waals surface area contributed by atoms with E-state index in [1.165, 1.54) is 23.5 Å². The Morgan fingerprint density at radius 3 is 1.69 bits per heavy atom. The van der Waals surface area contributed by atoms with Gasteiger partial charge >= 0.3 is 0 Å². The van der Waals surface area contributed by atoms with E-state index in [2.05, 4.69) is 0 Å². The second-order valence-electron chi connectivity index (χ2n) is 2.35. The van der Waals surface area contributed by atoms with Crippen molar-refractivity contribution in [1.82, 2.24) is 0 Å². The third kappa shape index (κ3) is 2.58. The monoisotopic (exact) mass is 234 g/mol. The summed E-state index contributed by atoms with van der Waals surface area (Å²) in [5.74, 6) is -0.0854. The van der Waals surface area contributed by atoms with Gasteiger partial charge in [-0.3, -0.25) is 0 Å². The SMILES string of the molecule is CSc1cc(SC)c(F)c(SC)c1. The lowest BCUT2D eigenvalue weighted by Gasteiger charge is -2.06. The van der Waals surface area contributed by atoms with Gasteiger partial charge in [0.1, 0.15) is 5.82 Å². The average Bonchev–Trinajstić information content (AvgIpc) is 2.18. The van der Waals surface area contributed by atoms with Crippen LogP contribution in [0.25, 0.3) is 0 Å². The lowest BCUT2D eigenvalue weighted by molar-refractivity contribution is 0.573. The summed E-state index contributed by atoms with van der Waals surface area (Å²) in [4.78, 5) is 2.59. The van der Waals surface area contributed by atoms with Gasteiger partial charge in [-0.2, -0.15) is 0 Å². The van der Waals surface area contributed by atoms with E-state index in [0.717, 1.165) is 14.7 Å². The molecule has 0 saturated carbocycles. The van der Waals surface area contributed by atoms with Crippen molar-refractivity contribution in [1.29, 1.82) is 0 Å². The molecule has 0 aliphatic carbocycles. The molecule has 72 valence electrons. The highest BCUT2D eigenvalue weighted by atomic mass is 32.2. The van der Waals surface area contributed by atoms with E-state index in [0.29, 0.717) is 0 Å². The Morgan fingerprint density at radius 1 is 0.923 bits per heavy atom. The largest absolute Gasteiger partial charge is 0.205 e. The molecule has 1 rings (SSSR count). The van der Waals surface area contributed by atoms with Crippen LogP contribution >= 0.6 is 35.3 Å². The zero-order valence-corrected chi connectivity index (χ0v) is 10.2. The number of halogens is 1. The van der Waals surface area contributed by atoms with Gasteiger partial charge in [-0.1, -0.05) is 0 Å². The lowest BCUT2D eigenvalue weighted by atomic mass is 10.3. The minimum atomic E-state index is -0.0854. The number of hydrogen-bond acceptors (Lipinski definition) is 3. The standard InChI is InChI=1S/C9H11FS3/c1-11-6-4-7(12-2)9(10)8(5-6)13-3/h4-5H,1-3H3. The van der Waals surface area contributed by atoms with Gasteiger partial charge < -0.3 is 0 Å². The van der Waals surface area contributed by atoms with Crippen molar-refractivity contribution in [2.24, 2.45) is 0 Å². The Bertz CT molecular complexity index is 274. The molecule has 0 aliphatic rings. The summed E-state index contributed by atoms with van der Waals surface area (Å²) in [7, 11) is 0. The highest BCUT2D eigenvalue weighted by Crippen LogP contribution is 2.32. The molecule has 0 bridgehead atoms. The predicted molar refractivity (Wildman–Crippen MR) is 61.7 cm³/mol. The second kappa shape index (κ2) is 5.17. The third-order valence-electron chi connectivity index (χ3n) is 1.65. The predicted octanol–water partition coefficient (Wildman–Crippen LogP) is 3.99. The highest BCUT2D eigenvalue weighted by molar-refractivity contribution is 8.00. The van der Waals surface area contributed by atoms with E-state index >= 15 is 0 Å². The van der Waals surface area contributed by atoms with E-state index in [9.17, 15) is 4.39 Å². The van der Waals surface area contributed by atoms with Crippen LogP contribution in [0, 0.1) is 5.82 Å². The molecule has 0 atom stereocenters. The zero-order chi connectivity index (χ0) is 9.84. The first kappa shape index (κ1) is 11.3. The van der Waals surface area contributed by atoms with Gasteiger partial charge in [-0.15, -0.1) is 35.3 Å². The minimum Gasteiger partial charge on any atom is -0.205 e. The van der Waals surface area contributed by atoms with E-state index in [1.807, 2.05) is 30.9 Å². The Hall–Kier alpha value is 0.200. The fourth-order valence-corrected chi connectivity index (χ4v) is 2.72. The molecule has 0 nitrogen and oxygen atoms in total. The van der Waals surface area contributed by atoms with Crippen LogP contribution in [0.4, 0.5) is 4.39 Å². The van der Waals surface area contributed by atoms with Crippen LogP contribution in [0.2, 0.25) is 0 Å². The fourth-order valence-electron chi connectivity index (χ4n) is 0.963. The van der Waals surface area contributed by atoms with Crippen molar-refractivity contribution < 1.29 is 4.39 Å². The average molecular weight is 234 g/mol. The van der Waals surface area contributed by atoms with Gasteiger partial charge in [-0.25, -0.2) is 4.39 Å². The molecule has 0 aromatic heterocycles. The number of hydrogen-bond donors (Lipinski definition) is 0. The molecule has 4 heteroatoms. The van der Waals surface area contributed by atoms with E-state index in [1.54, 1.807) is 11.8 Å². The van der Waals surface area contributed by atoms with Crippen LogP contribution in [0.1, 0.15) is 0 Å². The first-order chi connectivity index (χ1) is 6.22. The van der Waals surface area contributed by atoms with Crippen molar-refractivity contribution in [3.63, 3.8) is 0 Å². The summed E-state index contributed by atoms with van der Waals surface area (Å²) in [5, 5.41) is 0. The third-order valence-corrected chi connectivity index (χ3v) is 3.84. The second-order valence-corrected chi connectivity index (χ2v) is 4.92. The summed E-state index contributed by atoms with van der Waals surface area (Å²) in [5.41, 5.74) is 0. The van der Waals surface area contributed by atoms with Gasteiger partial charge in [0.15, 0.2) is 0 Å². The molecule has 0 radical (unpaired) electrons. The smallest absolute Gasteiger partial charge is 0.150 e. The molecule has 0 heterocycles. The van der Waals surface area contributed by atoms with Crippen LogP contribution in [-0.4, -0.2) is 18.8 Å². The molecule has 0 N–H and O–H groups in total. The molecule has 13 heavy (non-hydrogen) atoms. The van der Waals surface area contributed by atoms with Crippen molar-refractivity contribution in [3.05, 3.63) is 17.9 Å². The Labute approximate surface area is 91.1 Å². The molecule has 0 aliphatic heterocycles. The maximum absolute atomic E-state index is 13.5. The molecule has 1 aromatic rings. The van der Waals surface area contributed by atoms with Gasteiger partial charge in [0.25, 0.3) is 0 Å². The molecule has 0 spiro atoms. The van der Waals surface area contributed by atoms with E-state index < -0.39 is 0 Å². The summed E-state index contributed by atoms with van der Waals surface area (Å²) in [6, 6.07) is 3.79. The van der Waals surface area contributed by atoms with Crippen LogP contribution in [0.15, 0.2) is 26.8 Å². The quantitative estimate of drug-likeness (QED) is 0.726. The maximum Gasteiger partial charge on any atom is 0.150 e. The molecular weight excluding hydrogens is 223 g/mol. The van der Waals surface area contributed by atoms with Crippen LogP contribution in [0.3, 0.4) is 0 Å². The van der Waals surface area contributed by atoms with Crippen molar-refractivity contribution >= 4 is 35.3 Å². The molecule has 0 unspecified atom stereocenters. The zero-order valence-electron chi connectivity index (χ0n) is 7.76. The summed E-state index contributed by atoms with van der Waals surface area (Å²) in [6.07, 6.45) is 5.79. The van der Waals surface area contributed by atoms with Gasteiger partial charge in [0.2, 0.25) is 0 Å². The number of thioether (sulfide) groups is 3. The topological polar surface area (TPSA) is 0 Å². The molecule has 1 aromatic carbocycles. The van der Waals surface area contributed by atoms with Crippen molar-refractivity contribution in [3.8, 4) is 0 Å². The van der Waals surface area contributed by atoms with E-state index in [4.69, 9.17) is 0 Å². The van der Waals surface area contributed by atoms with Gasteiger partial charge in [-0.05, 0) is 30.9 Å². The van der Waals surface area contributed by atoms with Crippen LogP contribution in [0.5, 0.6) is 0 Å². The number of rotatable bonds is 3. The molecule has 0 fully saturated rings. The molecule has 0 amide bonds. The minimum absolute atomic E-state index is 0.0854. The number of benzene rings is 1. The first-order valence-corrected chi connectivity index (χ1v) is 7.36. The lowest BCUT2D eigenvalue weighted by Crippen LogP contribution is -1.86. The normalized spacial score (nSPS) is 10.5. The molecular formula is C9H11FS3. The van der Waals surface area contributed by atoms with Gasteiger partial charge in [0.05, 0.1) is 0 Å². The van der Waals surface area contributed by atoms with Crippen molar-refractivity contribution in [2.75, 3.05) is 18.8 Å². The first-order valence-electron chi connectivity index (χ1n) is 3.68. The fraction of sp³-hybridized carbons (Fsp3) is 0.333. The molecule has 0 saturated heterocycles. The van der Waals surface area contributed by atoms with Crippen LogP contribution in [-0.2, 0) is 0 Å². The highest BCUT2D eigenvalue weighted by Gasteiger charge is 2.08. The van der Waals surface area contributed by atoms with Gasteiger partial charge in [0, 0.05) is 14.7 Å². The van der Waals surface area contributed by atoms with E-state index in [-0.39, 0.29) is 5.82 Å². The van der Waals surface area contributed by atoms with Crippen molar-refractivity contribution in [2.45, 2.75) is 14.7 Å². The Balaban J connectivity index is 3.20. The maximum atomic E-state index is 13.5. The summed E-state index contributed by atoms with van der Waals surface area (Å²) < 4.78 is 13.5. The Kier molecular flexibility index (Phi) is 4.49. The summed E-state index contributed by atoms with van der Waals surface area (Å²) >= 11 is 4.55. The Morgan fingerprint density at radius 2 is 1.38 bits per heavy atom. The van der Waals surface area contributed by atoms with Crippen LogP contribution < -0.4 is 0 Å².